The molecule has 0 saturated carbocycles. The Bertz CT molecular complexity index is 2090. The van der Waals surface area contributed by atoms with E-state index in [2.05, 4.69) is 87.3 Å². The van der Waals surface area contributed by atoms with Gasteiger partial charge in [-0.25, -0.2) is 0 Å². The Hall–Kier alpha value is -3.87. The molecule has 0 aliphatic rings. The number of carbonyl (C=O) groups is 7. The minimum Gasteiger partial charge on any atom is -0.469 e. The number of rotatable bonds is 39. The van der Waals surface area contributed by atoms with Gasteiger partial charge in [-0.3, -0.25) is 33.6 Å². The summed E-state index contributed by atoms with van der Waals surface area (Å²) >= 11 is 0. The fourth-order valence-corrected chi connectivity index (χ4v) is 9.77. The quantitative estimate of drug-likeness (QED) is 0.0316. The fraction of sp³-hybridized carbons (Fsp3) is 0.892. The molecule has 0 aromatic carbocycles. The van der Waals surface area contributed by atoms with Crippen LogP contribution in [-0.4, -0.2) is 139 Å². The van der Waals surface area contributed by atoms with Gasteiger partial charge < -0.3 is 55.6 Å². The van der Waals surface area contributed by atoms with Crippen LogP contribution in [0.2, 0.25) is 0 Å². The number of nitrogens with one attached hydrogen (secondary N) is 6. The molecule has 6 N–H and O–H groups in total. The Morgan fingerprint density at radius 2 is 0.602 bits per heavy atom. The highest BCUT2D eigenvalue weighted by molar-refractivity contribution is 5.83. The van der Waals surface area contributed by atoms with Crippen LogP contribution in [0.1, 0.15) is 219 Å². The van der Waals surface area contributed by atoms with Gasteiger partial charge >= 0.3 is 5.97 Å². The minimum atomic E-state index is -0.881. The molecule has 486 valence electrons. The highest BCUT2D eigenvalue weighted by atomic mass is 16.5. The summed E-state index contributed by atoms with van der Waals surface area (Å²) in [4.78, 5) is 91.5. The molecule has 0 aliphatic carbocycles. The third kappa shape index (κ3) is 37.3. The first-order chi connectivity index (χ1) is 37.0. The Labute approximate surface area is 504 Å². The summed E-state index contributed by atoms with van der Waals surface area (Å²) in [5.41, 5.74) is -5.11. The van der Waals surface area contributed by atoms with Crippen LogP contribution >= 0.6 is 0 Å². The predicted octanol–water partition coefficient (Wildman–Crippen LogP) is 9.74. The van der Waals surface area contributed by atoms with Crippen LogP contribution in [0.5, 0.6) is 0 Å². The first kappa shape index (κ1) is 79.1. The van der Waals surface area contributed by atoms with Crippen molar-refractivity contribution in [1.29, 1.82) is 0 Å². The van der Waals surface area contributed by atoms with E-state index >= 15 is 0 Å². The monoisotopic (exact) mass is 1180 g/mol. The molecule has 0 spiro atoms. The molecule has 0 fully saturated rings. The molecule has 18 heteroatoms. The van der Waals surface area contributed by atoms with Crippen molar-refractivity contribution in [1.82, 2.24) is 31.9 Å². The second kappa shape index (κ2) is 31.7. The smallest absolute Gasteiger partial charge is 0.312 e. The van der Waals surface area contributed by atoms with Crippen molar-refractivity contribution in [2.75, 3.05) is 86.0 Å². The molecule has 0 radical (unpaired) electrons. The fourth-order valence-electron chi connectivity index (χ4n) is 9.77. The number of carbonyl (C=O) groups excluding carboxylic acids is 7. The third-order valence-corrected chi connectivity index (χ3v) is 13.9. The summed E-state index contributed by atoms with van der Waals surface area (Å²) in [6, 6.07) is 0. The van der Waals surface area contributed by atoms with Crippen molar-refractivity contribution >= 4 is 41.4 Å². The molecule has 0 heterocycles. The summed E-state index contributed by atoms with van der Waals surface area (Å²) in [7, 11) is 1.26. The van der Waals surface area contributed by atoms with Gasteiger partial charge in [0, 0.05) is 84.6 Å². The second-order valence-corrected chi connectivity index (χ2v) is 33.8. The van der Waals surface area contributed by atoms with Crippen molar-refractivity contribution in [2.45, 2.75) is 230 Å². The van der Waals surface area contributed by atoms with Crippen LogP contribution in [0.3, 0.4) is 0 Å². The van der Waals surface area contributed by atoms with Crippen LogP contribution in [-0.2, 0) is 57.2 Å². The first-order valence-electron chi connectivity index (χ1n) is 30.2. The number of esters is 1. The molecule has 0 aliphatic heterocycles. The van der Waals surface area contributed by atoms with Crippen molar-refractivity contribution in [3.05, 3.63) is 0 Å². The molecule has 0 rings (SSSR count). The average Bonchev–Trinajstić information content (AvgIpc) is 3.27. The first-order valence-corrected chi connectivity index (χ1v) is 30.2. The third-order valence-electron chi connectivity index (χ3n) is 13.9. The van der Waals surface area contributed by atoms with Crippen molar-refractivity contribution < 1.29 is 57.2 Å². The normalized spacial score (nSPS) is 14.1. The van der Waals surface area contributed by atoms with E-state index in [1.165, 1.54) is 7.11 Å². The highest BCUT2D eigenvalue weighted by Gasteiger charge is 2.37. The molecule has 18 nitrogen and oxygen atoms in total. The molecule has 83 heavy (non-hydrogen) atoms. The van der Waals surface area contributed by atoms with E-state index in [0.717, 1.165) is 12.8 Å². The number of hydrogen-bond acceptors (Lipinski definition) is 12. The van der Waals surface area contributed by atoms with Gasteiger partial charge in [0.25, 0.3) is 0 Å². The summed E-state index contributed by atoms with van der Waals surface area (Å²) in [6.45, 7) is 55.5. The molecule has 6 amide bonds. The van der Waals surface area contributed by atoms with Gasteiger partial charge in [0.15, 0.2) is 0 Å². The molecule has 0 saturated heterocycles. The van der Waals surface area contributed by atoms with Crippen LogP contribution in [0.4, 0.5) is 0 Å². The van der Waals surface area contributed by atoms with Crippen molar-refractivity contribution in [2.24, 2.45) is 60.1 Å². The number of amides is 6. The van der Waals surface area contributed by atoms with Crippen LogP contribution < -0.4 is 31.9 Å². The molecular weight excluding hydrogens is 1060 g/mol. The maximum atomic E-state index is 13.2. The zero-order chi connectivity index (χ0) is 65.1. The zero-order valence-electron chi connectivity index (χ0n) is 57.7. The van der Waals surface area contributed by atoms with E-state index in [1.807, 2.05) is 111 Å². The Morgan fingerprint density at radius 3 is 0.916 bits per heavy atom. The summed E-state index contributed by atoms with van der Waals surface area (Å²) < 4.78 is 29.7. The lowest BCUT2D eigenvalue weighted by Crippen LogP contribution is -2.45. The van der Waals surface area contributed by atoms with Crippen molar-refractivity contribution in [3.63, 3.8) is 0 Å². The van der Waals surface area contributed by atoms with E-state index in [1.54, 1.807) is 13.8 Å². The molecular formula is C65H124N6O12. The van der Waals surface area contributed by atoms with Crippen LogP contribution in [0.15, 0.2) is 0 Å². The van der Waals surface area contributed by atoms with E-state index < -0.39 is 55.6 Å². The topological polar surface area (TPSA) is 238 Å². The number of methoxy groups -OCH3 is 1. The summed E-state index contributed by atoms with van der Waals surface area (Å²) in [6.07, 6.45) is 2.02. The van der Waals surface area contributed by atoms with Gasteiger partial charge in [-0.2, -0.15) is 0 Å². The van der Waals surface area contributed by atoms with Crippen molar-refractivity contribution in [3.8, 4) is 0 Å². The second-order valence-electron chi connectivity index (χ2n) is 33.8. The van der Waals surface area contributed by atoms with Gasteiger partial charge in [-0.05, 0) is 62.2 Å². The number of hydrogen-bond donors (Lipinski definition) is 6. The van der Waals surface area contributed by atoms with E-state index in [-0.39, 0.29) is 109 Å². The molecule has 0 bridgehead atoms. The maximum Gasteiger partial charge on any atom is 0.312 e. The van der Waals surface area contributed by atoms with E-state index in [4.69, 9.17) is 23.7 Å². The standard InChI is InChI=1S/C65H124N6O12/c1-54(2,3)34-62(19,20)52(77)70-38-59(13,14)43-81-41-57(9,10)29-48(73)68-37-60(15,16)44-82-64(23,24)30-49(74)67-33-46(51(76)79-27)32-66-47(72)28-56(7,8)40-80-42-58(11,12)36-69-50(75)31-65(25,26)83-45-61(17,18)39-71-53(78)63(21,22)35-55(4,5)6/h46H,28-45H2,1-27H3,(H,66,72)(H,67,74)(H,68,73)(H,69,75)(H,70,77)(H,71,78). The Morgan fingerprint density at radius 1 is 0.337 bits per heavy atom. The lowest BCUT2D eigenvalue weighted by Gasteiger charge is -2.35. The van der Waals surface area contributed by atoms with Gasteiger partial charge in [-0.15, -0.1) is 0 Å². The predicted molar refractivity (Wildman–Crippen MR) is 332 cm³/mol. The molecule has 0 aromatic rings. The summed E-state index contributed by atoms with van der Waals surface area (Å²) in [5, 5.41) is 17.9. The highest BCUT2D eigenvalue weighted by Crippen LogP contribution is 2.35. The van der Waals surface area contributed by atoms with E-state index in [9.17, 15) is 33.6 Å². The SMILES string of the molecule is COC(=O)C(CNC(=O)CC(C)(C)COCC(C)(C)CNC(=O)CC(C)(C)OCC(C)(C)CNC(=O)C(C)(C)CC(C)(C)C)CNC(=O)CC(C)(C)OCC(C)(C)CNC(=O)CC(C)(C)COCC(C)(C)CNC(=O)C(C)(C)CC(C)(C)C. The summed E-state index contributed by atoms with van der Waals surface area (Å²) in [5.74, 6) is -2.28. The minimum absolute atomic E-state index is 0.00729. The molecule has 1 atom stereocenters. The zero-order valence-corrected chi connectivity index (χ0v) is 57.7. The Balaban J connectivity index is 4.94. The lowest BCUT2D eigenvalue weighted by molar-refractivity contribution is -0.145. The van der Waals surface area contributed by atoms with Crippen LogP contribution in [0.25, 0.3) is 0 Å². The van der Waals surface area contributed by atoms with Gasteiger partial charge in [0.1, 0.15) is 0 Å². The maximum absolute atomic E-state index is 13.2. The van der Waals surface area contributed by atoms with E-state index in [0.29, 0.717) is 52.6 Å². The van der Waals surface area contributed by atoms with Gasteiger partial charge in [-0.1, -0.05) is 152 Å². The molecule has 0 aromatic heterocycles. The average molecular weight is 1180 g/mol. The lowest BCUT2D eigenvalue weighted by atomic mass is 9.75. The number of ether oxygens (including phenoxy) is 5. The molecule has 1 unspecified atom stereocenters. The largest absolute Gasteiger partial charge is 0.469 e. The van der Waals surface area contributed by atoms with Crippen LogP contribution in [0, 0.1) is 60.1 Å². The van der Waals surface area contributed by atoms with Gasteiger partial charge in [0.05, 0.1) is 76.7 Å². The Kier molecular flexibility index (Phi) is 30.2. The van der Waals surface area contributed by atoms with Gasteiger partial charge in [0.2, 0.25) is 35.4 Å².